The van der Waals surface area contributed by atoms with E-state index < -0.39 is 0 Å². The SMILES string of the molecule is O=C(NCSNc1ccccc1)Nc1ccccc1. The molecule has 0 spiro atoms. The van der Waals surface area contributed by atoms with Crippen molar-refractivity contribution in [2.45, 2.75) is 0 Å². The van der Waals surface area contributed by atoms with Crippen LogP contribution < -0.4 is 15.4 Å². The van der Waals surface area contributed by atoms with Gasteiger partial charge in [-0.05, 0) is 36.2 Å². The van der Waals surface area contributed by atoms with Crippen LogP contribution >= 0.6 is 11.9 Å². The van der Waals surface area contributed by atoms with Crippen LogP contribution in [-0.2, 0) is 0 Å². The minimum Gasteiger partial charge on any atom is -0.328 e. The first-order valence-electron chi connectivity index (χ1n) is 5.87. The average Bonchev–Trinajstić information content (AvgIpc) is 2.46. The van der Waals surface area contributed by atoms with Crippen LogP contribution in [0.4, 0.5) is 16.2 Å². The number of anilines is 2. The van der Waals surface area contributed by atoms with Crippen molar-refractivity contribution in [1.82, 2.24) is 5.32 Å². The third-order valence-corrected chi connectivity index (χ3v) is 2.97. The lowest BCUT2D eigenvalue weighted by molar-refractivity contribution is 0.253. The lowest BCUT2D eigenvalue weighted by atomic mass is 10.3. The van der Waals surface area contributed by atoms with Gasteiger partial charge in [-0.25, -0.2) is 4.79 Å². The molecule has 0 atom stereocenters. The van der Waals surface area contributed by atoms with Crippen LogP contribution in [0.15, 0.2) is 60.7 Å². The average molecular weight is 273 g/mol. The lowest BCUT2D eigenvalue weighted by Gasteiger charge is -2.08. The van der Waals surface area contributed by atoms with Crippen molar-refractivity contribution < 1.29 is 4.79 Å². The summed E-state index contributed by atoms with van der Waals surface area (Å²) in [5, 5.41) is 5.50. The van der Waals surface area contributed by atoms with E-state index in [1.165, 1.54) is 11.9 Å². The highest BCUT2D eigenvalue weighted by Crippen LogP contribution is 2.10. The summed E-state index contributed by atoms with van der Waals surface area (Å²) >= 11 is 1.42. The van der Waals surface area contributed by atoms with Crippen LogP contribution in [0.5, 0.6) is 0 Å². The van der Waals surface area contributed by atoms with Gasteiger partial charge in [-0.1, -0.05) is 36.4 Å². The molecule has 98 valence electrons. The smallest absolute Gasteiger partial charge is 0.319 e. The lowest BCUT2D eigenvalue weighted by Crippen LogP contribution is -2.28. The molecule has 0 unspecified atom stereocenters. The van der Waals surface area contributed by atoms with Gasteiger partial charge < -0.3 is 15.4 Å². The Kier molecular flexibility index (Phi) is 5.13. The third-order valence-electron chi connectivity index (χ3n) is 2.30. The highest BCUT2D eigenvalue weighted by Gasteiger charge is 1.99. The van der Waals surface area contributed by atoms with E-state index in [1.807, 2.05) is 60.7 Å². The van der Waals surface area contributed by atoms with E-state index in [4.69, 9.17) is 0 Å². The van der Waals surface area contributed by atoms with Crippen molar-refractivity contribution in [2.75, 3.05) is 15.9 Å². The molecule has 0 aliphatic heterocycles. The zero-order chi connectivity index (χ0) is 13.3. The Hall–Kier alpha value is -2.14. The molecular weight excluding hydrogens is 258 g/mol. The number of rotatable bonds is 5. The molecule has 2 aromatic rings. The topological polar surface area (TPSA) is 53.2 Å². The largest absolute Gasteiger partial charge is 0.328 e. The minimum atomic E-state index is -0.214. The fourth-order valence-corrected chi connectivity index (χ4v) is 2.00. The zero-order valence-electron chi connectivity index (χ0n) is 10.3. The standard InChI is InChI=1S/C14H15N3OS/c18-14(16-12-7-3-1-4-8-12)15-11-19-17-13-9-5-2-6-10-13/h1-10,17H,11H2,(H2,15,16,18). The molecular formula is C14H15N3OS. The molecule has 3 N–H and O–H groups in total. The van der Waals surface area contributed by atoms with Gasteiger partial charge in [-0.3, -0.25) is 0 Å². The van der Waals surface area contributed by atoms with Crippen molar-refractivity contribution in [2.24, 2.45) is 0 Å². The zero-order valence-corrected chi connectivity index (χ0v) is 11.1. The molecule has 0 aromatic heterocycles. The Morgan fingerprint density at radius 3 is 2.11 bits per heavy atom. The van der Waals surface area contributed by atoms with E-state index in [2.05, 4.69) is 15.4 Å². The normalized spacial score (nSPS) is 9.68. The number of carbonyl (C=O) groups is 1. The van der Waals surface area contributed by atoms with E-state index in [0.717, 1.165) is 11.4 Å². The second-order valence-corrected chi connectivity index (χ2v) is 4.54. The summed E-state index contributed by atoms with van der Waals surface area (Å²) in [5.74, 6) is 0.480. The van der Waals surface area contributed by atoms with E-state index in [1.54, 1.807) is 0 Å². The highest BCUT2D eigenvalue weighted by molar-refractivity contribution is 8.00. The molecule has 0 saturated carbocycles. The fraction of sp³-hybridized carbons (Fsp3) is 0.0714. The van der Waals surface area contributed by atoms with Gasteiger partial charge >= 0.3 is 6.03 Å². The van der Waals surface area contributed by atoms with Crippen molar-refractivity contribution in [3.63, 3.8) is 0 Å². The number of hydrogen-bond acceptors (Lipinski definition) is 3. The Morgan fingerprint density at radius 2 is 1.47 bits per heavy atom. The number of hydrogen-bond donors (Lipinski definition) is 3. The van der Waals surface area contributed by atoms with Crippen molar-refractivity contribution in [1.29, 1.82) is 0 Å². The number of amides is 2. The Labute approximate surface area is 116 Å². The minimum absolute atomic E-state index is 0.214. The number of carbonyl (C=O) groups excluding carboxylic acids is 1. The molecule has 2 amide bonds. The Morgan fingerprint density at radius 1 is 0.895 bits per heavy atom. The maximum Gasteiger partial charge on any atom is 0.319 e. The van der Waals surface area contributed by atoms with Crippen LogP contribution in [0.1, 0.15) is 0 Å². The molecule has 19 heavy (non-hydrogen) atoms. The molecule has 0 aliphatic carbocycles. The van der Waals surface area contributed by atoms with Crippen LogP contribution in [0, 0.1) is 0 Å². The third kappa shape index (κ3) is 4.93. The van der Waals surface area contributed by atoms with E-state index in [-0.39, 0.29) is 6.03 Å². The second-order valence-electron chi connectivity index (χ2n) is 3.75. The van der Waals surface area contributed by atoms with E-state index in [9.17, 15) is 4.79 Å². The van der Waals surface area contributed by atoms with Crippen LogP contribution in [0.25, 0.3) is 0 Å². The quantitative estimate of drug-likeness (QED) is 0.444. The molecule has 2 aromatic carbocycles. The first kappa shape index (κ1) is 13.3. The second kappa shape index (κ2) is 7.33. The van der Waals surface area contributed by atoms with E-state index in [0.29, 0.717) is 5.88 Å². The fourth-order valence-electron chi connectivity index (χ4n) is 1.42. The maximum atomic E-state index is 11.6. The number of para-hydroxylation sites is 2. The summed E-state index contributed by atoms with van der Waals surface area (Å²) in [6.07, 6.45) is 0. The Bertz CT molecular complexity index is 505. The first-order valence-corrected chi connectivity index (χ1v) is 6.86. The van der Waals surface area contributed by atoms with Gasteiger partial charge in [0, 0.05) is 11.4 Å². The van der Waals surface area contributed by atoms with Crippen LogP contribution in [0.3, 0.4) is 0 Å². The van der Waals surface area contributed by atoms with Crippen molar-refractivity contribution >= 4 is 29.4 Å². The number of urea groups is 1. The summed E-state index contributed by atoms with van der Waals surface area (Å²) in [7, 11) is 0. The van der Waals surface area contributed by atoms with Crippen molar-refractivity contribution in [3.8, 4) is 0 Å². The molecule has 0 saturated heterocycles. The van der Waals surface area contributed by atoms with Gasteiger partial charge in [-0.2, -0.15) is 0 Å². The number of nitrogens with one attached hydrogen (secondary N) is 3. The first-order chi connectivity index (χ1) is 9.34. The summed E-state index contributed by atoms with van der Waals surface area (Å²) in [4.78, 5) is 11.6. The van der Waals surface area contributed by atoms with Gasteiger partial charge in [0.15, 0.2) is 0 Å². The van der Waals surface area contributed by atoms with Gasteiger partial charge in [0.2, 0.25) is 0 Å². The Balaban J connectivity index is 1.65. The molecule has 0 bridgehead atoms. The molecule has 5 heteroatoms. The van der Waals surface area contributed by atoms with Crippen LogP contribution in [0.2, 0.25) is 0 Å². The van der Waals surface area contributed by atoms with E-state index >= 15 is 0 Å². The van der Waals surface area contributed by atoms with Gasteiger partial charge in [-0.15, -0.1) is 0 Å². The monoisotopic (exact) mass is 273 g/mol. The molecule has 0 radical (unpaired) electrons. The molecule has 4 nitrogen and oxygen atoms in total. The molecule has 0 heterocycles. The summed E-state index contributed by atoms with van der Waals surface area (Å²) < 4.78 is 3.14. The van der Waals surface area contributed by atoms with Gasteiger partial charge in [0.05, 0.1) is 5.88 Å². The predicted molar refractivity (Wildman–Crippen MR) is 81.1 cm³/mol. The van der Waals surface area contributed by atoms with Crippen molar-refractivity contribution in [3.05, 3.63) is 60.7 Å². The predicted octanol–water partition coefficient (Wildman–Crippen LogP) is 3.53. The molecule has 0 fully saturated rings. The summed E-state index contributed by atoms with van der Waals surface area (Å²) in [5.41, 5.74) is 1.79. The molecule has 2 rings (SSSR count). The van der Waals surface area contributed by atoms with Gasteiger partial charge in [0.1, 0.15) is 0 Å². The number of benzene rings is 2. The summed E-state index contributed by atoms with van der Waals surface area (Å²) in [6.45, 7) is 0. The van der Waals surface area contributed by atoms with Gasteiger partial charge in [0.25, 0.3) is 0 Å². The summed E-state index contributed by atoms with van der Waals surface area (Å²) in [6, 6.07) is 18.9. The maximum absolute atomic E-state index is 11.6. The van der Waals surface area contributed by atoms with Crippen LogP contribution in [-0.4, -0.2) is 11.9 Å². The highest BCUT2D eigenvalue weighted by atomic mass is 32.2. The molecule has 0 aliphatic rings.